The number of aromatic amines is 1. The fourth-order valence-electron chi connectivity index (χ4n) is 2.04. The average Bonchev–Trinajstić information content (AvgIpc) is 3.02. The summed E-state index contributed by atoms with van der Waals surface area (Å²) in [5, 5.41) is 7.08. The Morgan fingerprint density at radius 3 is 2.76 bits per heavy atom. The topological polar surface area (TPSA) is 62.8 Å². The molecule has 0 aliphatic carbocycles. The van der Waals surface area contributed by atoms with E-state index in [2.05, 4.69) is 20.7 Å². The van der Waals surface area contributed by atoms with Crippen LogP contribution >= 0.6 is 0 Å². The largest absolute Gasteiger partial charge is 0.297 e. The molecule has 0 aliphatic rings. The molecule has 3 aromatic rings. The van der Waals surface area contributed by atoms with E-state index in [1.807, 2.05) is 48.7 Å². The highest BCUT2D eigenvalue weighted by molar-refractivity contribution is 5.61. The Balaban J connectivity index is 1.56. The van der Waals surface area contributed by atoms with Crippen molar-refractivity contribution in [3.05, 3.63) is 72.2 Å². The number of nitrogens with one attached hydrogen (secondary N) is 2. The van der Waals surface area contributed by atoms with Crippen molar-refractivity contribution in [1.29, 1.82) is 0 Å². The molecule has 1 aromatic carbocycles. The Bertz CT molecular complexity index is 667. The van der Waals surface area contributed by atoms with Gasteiger partial charge in [0, 0.05) is 30.1 Å². The molecule has 5 heteroatoms. The summed E-state index contributed by atoms with van der Waals surface area (Å²) < 4.78 is 0. The molecule has 0 bridgehead atoms. The quantitative estimate of drug-likeness (QED) is 0.538. The lowest BCUT2D eigenvalue weighted by molar-refractivity contribution is 0.0236. The molecule has 0 saturated carbocycles. The lowest BCUT2D eigenvalue weighted by Crippen LogP contribution is -2.14. The maximum atomic E-state index is 5.48. The summed E-state index contributed by atoms with van der Waals surface area (Å²) in [4.78, 5) is 9.60. The third-order valence-electron chi connectivity index (χ3n) is 3.11. The van der Waals surface area contributed by atoms with Gasteiger partial charge in [0.25, 0.3) is 0 Å². The van der Waals surface area contributed by atoms with Gasteiger partial charge in [0.15, 0.2) is 0 Å². The van der Waals surface area contributed by atoms with Crippen molar-refractivity contribution >= 4 is 0 Å². The van der Waals surface area contributed by atoms with Gasteiger partial charge in [-0.05, 0) is 17.7 Å². The summed E-state index contributed by atoms with van der Waals surface area (Å²) in [7, 11) is 0. The molecule has 0 saturated heterocycles. The zero-order valence-electron chi connectivity index (χ0n) is 11.5. The summed E-state index contributed by atoms with van der Waals surface area (Å²) in [6.45, 7) is 1.11. The van der Waals surface area contributed by atoms with Gasteiger partial charge in [-0.25, -0.2) is 0 Å². The number of nitrogens with zero attached hydrogens (tertiary/aromatic N) is 2. The monoisotopic (exact) mass is 280 g/mol. The number of hydrogen-bond acceptors (Lipinski definition) is 4. The van der Waals surface area contributed by atoms with Crippen LogP contribution in [0.25, 0.3) is 11.3 Å². The second kappa shape index (κ2) is 6.78. The van der Waals surface area contributed by atoms with Crippen LogP contribution in [0.5, 0.6) is 0 Å². The second-order valence-corrected chi connectivity index (χ2v) is 4.61. The maximum absolute atomic E-state index is 5.48. The Labute approximate surface area is 123 Å². The van der Waals surface area contributed by atoms with E-state index in [4.69, 9.17) is 4.84 Å². The molecule has 0 radical (unpaired) electrons. The number of benzene rings is 1. The molecule has 0 amide bonds. The highest BCUT2D eigenvalue weighted by Gasteiger charge is 2.07. The third-order valence-corrected chi connectivity index (χ3v) is 3.11. The molecule has 0 atom stereocenters. The van der Waals surface area contributed by atoms with Crippen molar-refractivity contribution in [1.82, 2.24) is 20.7 Å². The first-order chi connectivity index (χ1) is 10.4. The standard InChI is InChI=1S/C16H16N4O/c1-2-5-13(6-3-1)12-21-19-11-15-10-18-20-16(15)14-7-4-8-17-9-14/h1-10,19H,11-12H2,(H,18,20). The number of pyridine rings is 1. The van der Waals surface area contributed by atoms with E-state index in [1.54, 1.807) is 12.4 Å². The molecule has 21 heavy (non-hydrogen) atoms. The predicted octanol–water partition coefficient (Wildman–Crippen LogP) is 2.69. The average molecular weight is 280 g/mol. The Kier molecular flexibility index (Phi) is 4.36. The third kappa shape index (κ3) is 3.53. The zero-order valence-corrected chi connectivity index (χ0v) is 11.5. The second-order valence-electron chi connectivity index (χ2n) is 4.61. The molecule has 2 aromatic heterocycles. The first-order valence-corrected chi connectivity index (χ1v) is 6.75. The fraction of sp³-hybridized carbons (Fsp3) is 0.125. The van der Waals surface area contributed by atoms with E-state index in [1.165, 1.54) is 0 Å². The summed E-state index contributed by atoms with van der Waals surface area (Å²) in [6, 6.07) is 13.9. The highest BCUT2D eigenvalue weighted by Crippen LogP contribution is 2.19. The molecule has 0 spiro atoms. The van der Waals surface area contributed by atoms with Gasteiger partial charge in [-0.1, -0.05) is 30.3 Å². The number of rotatable bonds is 6. The number of hydrogen-bond donors (Lipinski definition) is 2. The summed E-state index contributed by atoms with van der Waals surface area (Å²) in [5.74, 6) is 0. The van der Waals surface area contributed by atoms with Crippen LogP contribution in [0, 0.1) is 0 Å². The predicted molar refractivity (Wildman–Crippen MR) is 79.9 cm³/mol. The first kappa shape index (κ1) is 13.5. The molecule has 3 rings (SSSR count). The van der Waals surface area contributed by atoms with E-state index in [0.29, 0.717) is 13.2 Å². The van der Waals surface area contributed by atoms with E-state index in [0.717, 1.165) is 22.4 Å². The van der Waals surface area contributed by atoms with Crippen molar-refractivity contribution in [3.63, 3.8) is 0 Å². The number of aromatic nitrogens is 3. The van der Waals surface area contributed by atoms with Crippen LogP contribution in [0.4, 0.5) is 0 Å². The SMILES string of the molecule is c1ccc(CONCc2cn[nH]c2-c2cccnc2)cc1. The van der Waals surface area contributed by atoms with Crippen LogP contribution in [0.3, 0.4) is 0 Å². The van der Waals surface area contributed by atoms with Gasteiger partial charge in [-0.2, -0.15) is 10.6 Å². The Morgan fingerprint density at radius 2 is 1.95 bits per heavy atom. The molecular weight excluding hydrogens is 264 g/mol. The van der Waals surface area contributed by atoms with Crippen LogP contribution in [0.1, 0.15) is 11.1 Å². The molecule has 0 unspecified atom stereocenters. The van der Waals surface area contributed by atoms with E-state index >= 15 is 0 Å². The van der Waals surface area contributed by atoms with Gasteiger partial charge < -0.3 is 0 Å². The maximum Gasteiger partial charge on any atom is 0.0933 e. The van der Waals surface area contributed by atoms with Gasteiger partial charge in [0.2, 0.25) is 0 Å². The van der Waals surface area contributed by atoms with Gasteiger partial charge in [-0.15, -0.1) is 0 Å². The van der Waals surface area contributed by atoms with E-state index < -0.39 is 0 Å². The number of hydroxylamine groups is 1. The highest BCUT2D eigenvalue weighted by atomic mass is 16.6. The Morgan fingerprint density at radius 1 is 1.05 bits per heavy atom. The van der Waals surface area contributed by atoms with Crippen LogP contribution in [-0.4, -0.2) is 15.2 Å². The van der Waals surface area contributed by atoms with Gasteiger partial charge in [0.05, 0.1) is 18.5 Å². The summed E-state index contributed by atoms with van der Waals surface area (Å²) in [6.07, 6.45) is 5.35. The van der Waals surface area contributed by atoms with Crippen molar-refractivity contribution in [3.8, 4) is 11.3 Å². The normalized spacial score (nSPS) is 10.7. The fourth-order valence-corrected chi connectivity index (χ4v) is 2.04. The van der Waals surface area contributed by atoms with Crippen molar-refractivity contribution < 1.29 is 4.84 Å². The lowest BCUT2D eigenvalue weighted by Gasteiger charge is -2.06. The minimum absolute atomic E-state index is 0.529. The van der Waals surface area contributed by atoms with Crippen molar-refractivity contribution in [2.45, 2.75) is 13.2 Å². The van der Waals surface area contributed by atoms with Crippen molar-refractivity contribution in [2.24, 2.45) is 0 Å². The molecule has 5 nitrogen and oxygen atoms in total. The molecule has 0 aliphatic heterocycles. The number of H-pyrrole nitrogens is 1. The smallest absolute Gasteiger partial charge is 0.0933 e. The van der Waals surface area contributed by atoms with E-state index in [9.17, 15) is 0 Å². The van der Waals surface area contributed by atoms with Gasteiger partial charge in [0.1, 0.15) is 0 Å². The van der Waals surface area contributed by atoms with Crippen LogP contribution in [-0.2, 0) is 18.0 Å². The van der Waals surface area contributed by atoms with Crippen molar-refractivity contribution in [2.75, 3.05) is 0 Å². The summed E-state index contributed by atoms with van der Waals surface area (Å²) in [5.41, 5.74) is 7.10. The molecule has 0 fully saturated rings. The molecular formula is C16H16N4O. The van der Waals surface area contributed by atoms with Crippen LogP contribution in [0.2, 0.25) is 0 Å². The minimum atomic E-state index is 0.529. The van der Waals surface area contributed by atoms with Gasteiger partial charge >= 0.3 is 0 Å². The first-order valence-electron chi connectivity index (χ1n) is 6.75. The molecule has 2 N–H and O–H groups in total. The van der Waals surface area contributed by atoms with Crippen LogP contribution in [0.15, 0.2) is 61.1 Å². The van der Waals surface area contributed by atoms with Crippen LogP contribution < -0.4 is 5.48 Å². The molecule has 106 valence electrons. The van der Waals surface area contributed by atoms with E-state index in [-0.39, 0.29) is 0 Å². The lowest BCUT2D eigenvalue weighted by atomic mass is 10.1. The zero-order chi connectivity index (χ0) is 14.3. The van der Waals surface area contributed by atoms with Gasteiger partial charge in [-0.3, -0.25) is 14.9 Å². The minimum Gasteiger partial charge on any atom is -0.297 e. The summed E-state index contributed by atoms with van der Waals surface area (Å²) >= 11 is 0. The Hall–Kier alpha value is -2.50. The molecule has 2 heterocycles.